The lowest BCUT2D eigenvalue weighted by atomic mass is 9.90. The summed E-state index contributed by atoms with van der Waals surface area (Å²) in [5.41, 5.74) is 9.65. The van der Waals surface area contributed by atoms with E-state index in [0.717, 1.165) is 12.1 Å². The maximum Gasteiger partial charge on any atom is 0.404 e. The topological polar surface area (TPSA) is 52.0 Å². The molecule has 0 amide bonds. The number of hydrogen-bond acceptors (Lipinski definition) is 2. The van der Waals surface area contributed by atoms with Crippen molar-refractivity contribution in [3.63, 3.8) is 0 Å². The molecule has 108 valence electrons. The van der Waals surface area contributed by atoms with Gasteiger partial charge in [-0.25, -0.2) is 0 Å². The number of rotatable bonds is 3. The SMILES string of the molecule is NCc1cccc(C(C(F)(F)F)C(F)(F)F)c1CN. The molecule has 0 aliphatic rings. The van der Waals surface area contributed by atoms with Gasteiger partial charge in [0.25, 0.3) is 0 Å². The van der Waals surface area contributed by atoms with Crippen LogP contribution in [0.2, 0.25) is 0 Å². The van der Waals surface area contributed by atoms with Crippen molar-refractivity contribution in [3.05, 3.63) is 34.9 Å². The molecule has 19 heavy (non-hydrogen) atoms. The normalized spacial score (nSPS) is 13.1. The van der Waals surface area contributed by atoms with Crippen LogP contribution in [0, 0.1) is 0 Å². The van der Waals surface area contributed by atoms with Gasteiger partial charge in [0.1, 0.15) is 0 Å². The van der Waals surface area contributed by atoms with E-state index in [9.17, 15) is 26.3 Å². The van der Waals surface area contributed by atoms with Crippen LogP contribution in [0.3, 0.4) is 0 Å². The lowest BCUT2D eigenvalue weighted by molar-refractivity contribution is -0.253. The number of benzene rings is 1. The van der Waals surface area contributed by atoms with Gasteiger partial charge < -0.3 is 11.5 Å². The van der Waals surface area contributed by atoms with Gasteiger partial charge in [0.2, 0.25) is 0 Å². The Morgan fingerprint density at radius 3 is 1.79 bits per heavy atom. The van der Waals surface area contributed by atoms with Crippen LogP contribution in [0.4, 0.5) is 26.3 Å². The third-order valence-corrected chi connectivity index (χ3v) is 2.70. The molecule has 0 saturated heterocycles. The van der Waals surface area contributed by atoms with Crippen LogP contribution >= 0.6 is 0 Å². The van der Waals surface area contributed by atoms with Crippen molar-refractivity contribution < 1.29 is 26.3 Å². The van der Waals surface area contributed by atoms with Crippen molar-refractivity contribution in [2.24, 2.45) is 11.5 Å². The van der Waals surface area contributed by atoms with E-state index in [1.165, 1.54) is 6.07 Å². The molecule has 0 aliphatic heterocycles. The fourth-order valence-corrected chi connectivity index (χ4v) is 1.90. The first kappa shape index (κ1) is 15.8. The highest BCUT2D eigenvalue weighted by Gasteiger charge is 2.58. The fourth-order valence-electron chi connectivity index (χ4n) is 1.90. The molecular formula is C11H12F6N2. The van der Waals surface area contributed by atoms with Gasteiger partial charge in [0, 0.05) is 13.1 Å². The highest BCUT2D eigenvalue weighted by Crippen LogP contribution is 2.47. The molecule has 0 fully saturated rings. The van der Waals surface area contributed by atoms with Crippen molar-refractivity contribution in [2.45, 2.75) is 31.4 Å². The van der Waals surface area contributed by atoms with Crippen LogP contribution in [0.25, 0.3) is 0 Å². The summed E-state index contributed by atoms with van der Waals surface area (Å²) in [6.07, 6.45) is -10.9. The van der Waals surface area contributed by atoms with Crippen molar-refractivity contribution in [1.82, 2.24) is 0 Å². The maximum atomic E-state index is 12.7. The van der Waals surface area contributed by atoms with E-state index in [0.29, 0.717) is 0 Å². The zero-order chi connectivity index (χ0) is 14.8. The van der Waals surface area contributed by atoms with Gasteiger partial charge in [0.15, 0.2) is 5.92 Å². The molecule has 0 aliphatic carbocycles. The van der Waals surface area contributed by atoms with Gasteiger partial charge in [-0.2, -0.15) is 26.3 Å². The van der Waals surface area contributed by atoms with Crippen molar-refractivity contribution in [1.29, 1.82) is 0 Å². The minimum Gasteiger partial charge on any atom is -0.326 e. The number of hydrogen-bond donors (Lipinski definition) is 2. The molecule has 1 aromatic carbocycles. The molecule has 8 heteroatoms. The van der Waals surface area contributed by atoms with E-state index in [-0.39, 0.29) is 17.7 Å². The molecule has 2 nitrogen and oxygen atoms in total. The summed E-state index contributed by atoms with van der Waals surface area (Å²) >= 11 is 0. The second-order valence-corrected chi connectivity index (χ2v) is 3.91. The van der Waals surface area contributed by atoms with Crippen LogP contribution in [-0.4, -0.2) is 12.4 Å². The van der Waals surface area contributed by atoms with Gasteiger partial charge in [-0.3, -0.25) is 0 Å². The molecule has 0 spiro atoms. The Bertz CT molecular complexity index is 424. The Balaban J connectivity index is 3.48. The Morgan fingerprint density at radius 1 is 0.895 bits per heavy atom. The first-order valence-electron chi connectivity index (χ1n) is 5.27. The number of alkyl halides is 6. The molecule has 1 rings (SSSR count). The third kappa shape index (κ3) is 3.38. The molecule has 0 bridgehead atoms. The molecular weight excluding hydrogens is 274 g/mol. The van der Waals surface area contributed by atoms with E-state index >= 15 is 0 Å². The zero-order valence-electron chi connectivity index (χ0n) is 9.65. The highest BCUT2D eigenvalue weighted by atomic mass is 19.4. The van der Waals surface area contributed by atoms with Gasteiger partial charge in [0.05, 0.1) is 0 Å². The summed E-state index contributed by atoms with van der Waals surface area (Å²) in [5, 5.41) is 0. The summed E-state index contributed by atoms with van der Waals surface area (Å²) in [6.45, 7) is -0.617. The summed E-state index contributed by atoms with van der Waals surface area (Å²) < 4.78 is 76.0. The standard InChI is InChI=1S/C11H12F6N2/c12-10(13,14)9(11(15,16)17)7-3-1-2-6(4-18)8(7)5-19/h1-3,9H,4-5,18-19H2. The van der Waals surface area contributed by atoms with E-state index in [1.807, 2.05) is 0 Å². The average molecular weight is 286 g/mol. The van der Waals surface area contributed by atoms with Crippen LogP contribution in [-0.2, 0) is 13.1 Å². The van der Waals surface area contributed by atoms with Gasteiger partial charge in [-0.05, 0) is 16.7 Å². The predicted molar refractivity (Wildman–Crippen MR) is 57.1 cm³/mol. The van der Waals surface area contributed by atoms with Gasteiger partial charge in [-0.1, -0.05) is 18.2 Å². The first-order chi connectivity index (χ1) is 8.62. The summed E-state index contributed by atoms with van der Waals surface area (Å²) in [4.78, 5) is 0. The molecule has 0 saturated carbocycles. The minimum absolute atomic E-state index is 0.178. The minimum atomic E-state index is -5.44. The molecule has 0 aromatic heterocycles. The molecule has 1 aromatic rings. The second kappa shape index (κ2) is 5.38. The molecule has 0 radical (unpaired) electrons. The number of nitrogens with two attached hydrogens (primary N) is 2. The highest BCUT2D eigenvalue weighted by molar-refractivity contribution is 5.39. The fraction of sp³-hybridized carbons (Fsp3) is 0.455. The summed E-state index contributed by atoms with van der Waals surface area (Å²) in [7, 11) is 0. The molecule has 4 N–H and O–H groups in total. The lowest BCUT2D eigenvalue weighted by Crippen LogP contribution is -2.35. The molecule has 0 unspecified atom stereocenters. The molecule has 0 heterocycles. The van der Waals surface area contributed by atoms with E-state index in [4.69, 9.17) is 11.5 Å². The maximum absolute atomic E-state index is 12.7. The lowest BCUT2D eigenvalue weighted by Gasteiger charge is -2.26. The Labute approximate surface area is 105 Å². The Kier molecular flexibility index (Phi) is 4.46. The first-order valence-corrected chi connectivity index (χ1v) is 5.27. The van der Waals surface area contributed by atoms with Crippen LogP contribution in [0.5, 0.6) is 0 Å². The Hall–Kier alpha value is -1.28. The summed E-state index contributed by atoms with van der Waals surface area (Å²) in [5.74, 6) is -3.55. The van der Waals surface area contributed by atoms with E-state index < -0.39 is 30.4 Å². The predicted octanol–water partition coefficient (Wildman–Crippen LogP) is 2.81. The largest absolute Gasteiger partial charge is 0.404 e. The quantitative estimate of drug-likeness (QED) is 0.839. The second-order valence-electron chi connectivity index (χ2n) is 3.91. The van der Waals surface area contributed by atoms with Crippen molar-refractivity contribution in [2.75, 3.05) is 0 Å². The number of halogens is 6. The van der Waals surface area contributed by atoms with Gasteiger partial charge in [-0.15, -0.1) is 0 Å². The van der Waals surface area contributed by atoms with Crippen LogP contribution in [0.1, 0.15) is 22.6 Å². The summed E-state index contributed by atoms with van der Waals surface area (Å²) in [6, 6.07) is 3.25. The van der Waals surface area contributed by atoms with Crippen molar-refractivity contribution >= 4 is 0 Å². The smallest absolute Gasteiger partial charge is 0.326 e. The zero-order valence-corrected chi connectivity index (χ0v) is 9.65. The van der Waals surface area contributed by atoms with Crippen LogP contribution < -0.4 is 11.5 Å². The monoisotopic (exact) mass is 286 g/mol. The third-order valence-electron chi connectivity index (χ3n) is 2.70. The van der Waals surface area contributed by atoms with Gasteiger partial charge >= 0.3 is 12.4 Å². The van der Waals surface area contributed by atoms with E-state index in [1.54, 1.807) is 0 Å². The van der Waals surface area contributed by atoms with Crippen molar-refractivity contribution in [3.8, 4) is 0 Å². The Morgan fingerprint density at radius 2 is 1.42 bits per heavy atom. The average Bonchev–Trinajstić information content (AvgIpc) is 2.24. The van der Waals surface area contributed by atoms with E-state index in [2.05, 4.69) is 0 Å². The van der Waals surface area contributed by atoms with Crippen LogP contribution in [0.15, 0.2) is 18.2 Å². The molecule has 0 atom stereocenters.